The molecule has 10 nitrogen and oxygen atoms in total. The molecular weight excluding hydrogens is 566 g/mol. The fraction of sp³-hybridized carbons (Fsp3) is 0.656. The van der Waals surface area contributed by atoms with Crippen molar-refractivity contribution in [3.8, 4) is 11.5 Å². The summed E-state index contributed by atoms with van der Waals surface area (Å²) in [4.78, 5) is 25.7. The number of hydrogen-bond acceptors (Lipinski definition) is 9. The number of carbonyl (C=O) groups excluding carboxylic acids is 1. The van der Waals surface area contributed by atoms with E-state index in [0.717, 1.165) is 93.0 Å². The van der Waals surface area contributed by atoms with Gasteiger partial charge in [-0.3, -0.25) is 4.79 Å². The number of rotatable bonds is 8. The molecule has 3 heterocycles. The maximum absolute atomic E-state index is 14.2. The average Bonchev–Trinajstić information content (AvgIpc) is 3.95. The van der Waals surface area contributed by atoms with Gasteiger partial charge in [0.25, 0.3) is 5.89 Å². The topological polar surface area (TPSA) is 132 Å². The molecule has 1 amide bonds. The van der Waals surface area contributed by atoms with Crippen molar-refractivity contribution in [3.05, 3.63) is 41.8 Å². The molecule has 11 heteroatoms. The van der Waals surface area contributed by atoms with Crippen LogP contribution in [0.2, 0.25) is 0 Å². The van der Waals surface area contributed by atoms with E-state index in [2.05, 4.69) is 15.3 Å². The van der Waals surface area contributed by atoms with E-state index >= 15 is 0 Å². The molecule has 5 fully saturated rings. The molecular formula is C32H39N5O5S. The minimum atomic E-state index is -3.07. The van der Waals surface area contributed by atoms with E-state index in [9.17, 15) is 13.2 Å². The Balaban J connectivity index is 1.06. The van der Waals surface area contributed by atoms with Gasteiger partial charge in [0.1, 0.15) is 9.84 Å². The van der Waals surface area contributed by atoms with Gasteiger partial charge in [-0.1, -0.05) is 29.2 Å². The second kappa shape index (κ2) is 10.5. The number of sulfone groups is 1. The Labute approximate surface area is 251 Å². The Bertz CT molecular complexity index is 1610. The standard InChI is InChI=1S/C32H39N5O5S/c38-30(22-11-15-43(39,40)16-12-22)37(26-5-1-3-23(17-26)29-33-27(35-41-29)20-6-7-20)19-25-10-14-32(13-2-4-24(25)18-32)31-34-28(36-42-31)21-8-9-21/h1,3,5,17,20-22,24-25H,2,4,6-16,18-19H2. The maximum atomic E-state index is 14.2. The van der Waals surface area contributed by atoms with E-state index in [4.69, 9.17) is 14.0 Å². The van der Waals surface area contributed by atoms with Crippen LogP contribution >= 0.6 is 0 Å². The molecule has 8 rings (SSSR count). The number of hydrogen-bond donors (Lipinski definition) is 0. The second-order valence-electron chi connectivity index (χ2n) is 13.8. The molecule has 5 aliphatic rings. The van der Waals surface area contributed by atoms with Gasteiger partial charge in [0, 0.05) is 41.0 Å². The Hall–Kier alpha value is -3.08. The normalized spacial score (nSPS) is 28.9. The van der Waals surface area contributed by atoms with Gasteiger partial charge in [0.2, 0.25) is 11.8 Å². The SMILES string of the molecule is O=C(C1CCS(=O)(=O)CC1)N(CC1CCC2(c3nc(C4CC4)no3)CCCC1C2)c1cccc(-c2nc(C3CC3)no2)c1. The summed E-state index contributed by atoms with van der Waals surface area (Å²) in [5, 5.41) is 8.52. The van der Waals surface area contributed by atoms with Crippen LogP contribution in [0, 0.1) is 17.8 Å². The summed E-state index contributed by atoms with van der Waals surface area (Å²) in [5.74, 6) is 4.47. The molecule has 1 aliphatic heterocycles. The highest BCUT2D eigenvalue weighted by Crippen LogP contribution is 2.53. The fourth-order valence-corrected chi connectivity index (χ4v) is 9.31. The van der Waals surface area contributed by atoms with E-state index in [1.807, 2.05) is 29.2 Å². The minimum absolute atomic E-state index is 0.0230. The summed E-state index contributed by atoms with van der Waals surface area (Å²) in [5.41, 5.74) is 1.55. The van der Waals surface area contributed by atoms with Gasteiger partial charge in [-0.05, 0) is 94.2 Å². The third-order valence-electron chi connectivity index (χ3n) is 10.8. The zero-order valence-electron chi connectivity index (χ0n) is 24.5. The number of benzene rings is 1. The smallest absolute Gasteiger partial charge is 0.258 e. The quantitative estimate of drug-likeness (QED) is 0.323. The van der Waals surface area contributed by atoms with Gasteiger partial charge in [0.05, 0.1) is 11.5 Å². The van der Waals surface area contributed by atoms with Crippen LogP contribution in [0.3, 0.4) is 0 Å². The largest absolute Gasteiger partial charge is 0.339 e. The molecule has 1 saturated heterocycles. The van der Waals surface area contributed by atoms with Gasteiger partial charge in [0.15, 0.2) is 11.6 Å². The third kappa shape index (κ3) is 5.42. The molecule has 3 atom stereocenters. The lowest BCUT2D eigenvalue weighted by Gasteiger charge is -2.48. The second-order valence-corrected chi connectivity index (χ2v) is 16.1. The van der Waals surface area contributed by atoms with Crippen molar-refractivity contribution in [1.82, 2.24) is 20.3 Å². The lowest BCUT2D eigenvalue weighted by molar-refractivity contribution is -0.123. The van der Waals surface area contributed by atoms with Crippen molar-refractivity contribution in [1.29, 1.82) is 0 Å². The van der Waals surface area contributed by atoms with E-state index < -0.39 is 9.84 Å². The molecule has 0 spiro atoms. The summed E-state index contributed by atoms with van der Waals surface area (Å²) in [6, 6.07) is 7.84. The first-order chi connectivity index (χ1) is 20.9. The summed E-state index contributed by atoms with van der Waals surface area (Å²) < 4.78 is 35.8. The number of carbonyl (C=O) groups is 1. The number of nitrogens with zero attached hydrogens (tertiary/aromatic N) is 5. The van der Waals surface area contributed by atoms with E-state index in [0.29, 0.717) is 48.9 Å². The van der Waals surface area contributed by atoms with Crippen LogP contribution in [0.25, 0.3) is 11.5 Å². The van der Waals surface area contributed by atoms with Crippen molar-refractivity contribution in [2.75, 3.05) is 23.0 Å². The molecule has 4 aliphatic carbocycles. The predicted molar refractivity (Wildman–Crippen MR) is 158 cm³/mol. The van der Waals surface area contributed by atoms with Gasteiger partial charge in [-0.2, -0.15) is 9.97 Å². The minimum Gasteiger partial charge on any atom is -0.339 e. The summed E-state index contributed by atoms with van der Waals surface area (Å²) in [7, 11) is -3.07. The van der Waals surface area contributed by atoms with Crippen LogP contribution in [-0.4, -0.2) is 52.7 Å². The van der Waals surface area contributed by atoms with Gasteiger partial charge < -0.3 is 13.9 Å². The lowest BCUT2D eigenvalue weighted by Crippen LogP contribution is -2.47. The number of anilines is 1. The zero-order chi connectivity index (χ0) is 29.2. The van der Waals surface area contributed by atoms with Crippen molar-refractivity contribution >= 4 is 21.4 Å². The summed E-state index contributed by atoms with van der Waals surface area (Å²) >= 11 is 0. The fourth-order valence-electron chi connectivity index (χ4n) is 7.82. The Morgan fingerprint density at radius 2 is 1.65 bits per heavy atom. The number of fused-ring (bicyclic) bond motifs is 2. The Morgan fingerprint density at radius 1 is 0.907 bits per heavy atom. The highest BCUT2D eigenvalue weighted by Gasteiger charge is 2.49. The molecule has 43 heavy (non-hydrogen) atoms. The van der Waals surface area contributed by atoms with E-state index in [1.165, 1.54) is 0 Å². The van der Waals surface area contributed by atoms with Crippen molar-refractivity contribution in [2.45, 2.75) is 94.3 Å². The molecule has 4 saturated carbocycles. The Morgan fingerprint density at radius 3 is 2.42 bits per heavy atom. The highest BCUT2D eigenvalue weighted by atomic mass is 32.2. The maximum Gasteiger partial charge on any atom is 0.258 e. The number of amides is 1. The zero-order valence-corrected chi connectivity index (χ0v) is 25.3. The molecule has 0 radical (unpaired) electrons. The first kappa shape index (κ1) is 27.5. The summed E-state index contributed by atoms with van der Waals surface area (Å²) in [6.45, 7) is 0.612. The molecule has 2 aromatic heterocycles. The Kier molecular flexibility index (Phi) is 6.72. The van der Waals surface area contributed by atoms with Crippen LogP contribution in [0.1, 0.15) is 106 Å². The van der Waals surface area contributed by atoms with Crippen molar-refractivity contribution < 1.29 is 22.3 Å². The molecule has 228 valence electrons. The first-order valence-electron chi connectivity index (χ1n) is 16.2. The molecule has 2 bridgehead atoms. The van der Waals surface area contributed by atoms with Gasteiger partial charge in [-0.25, -0.2) is 8.42 Å². The number of aromatic nitrogens is 4. The average molecular weight is 606 g/mol. The van der Waals surface area contributed by atoms with Crippen LogP contribution < -0.4 is 4.90 Å². The monoisotopic (exact) mass is 605 g/mol. The van der Waals surface area contributed by atoms with Crippen molar-refractivity contribution in [2.24, 2.45) is 17.8 Å². The van der Waals surface area contributed by atoms with Crippen LogP contribution in [-0.2, 0) is 20.0 Å². The third-order valence-corrected chi connectivity index (χ3v) is 12.5. The molecule has 3 unspecified atom stereocenters. The van der Waals surface area contributed by atoms with E-state index in [-0.39, 0.29) is 28.7 Å². The predicted octanol–water partition coefficient (Wildman–Crippen LogP) is 5.57. The van der Waals surface area contributed by atoms with Gasteiger partial charge in [-0.15, -0.1) is 0 Å². The van der Waals surface area contributed by atoms with Gasteiger partial charge >= 0.3 is 0 Å². The first-order valence-corrected chi connectivity index (χ1v) is 18.0. The van der Waals surface area contributed by atoms with Crippen molar-refractivity contribution in [3.63, 3.8) is 0 Å². The van der Waals surface area contributed by atoms with E-state index in [1.54, 1.807) is 0 Å². The highest BCUT2D eigenvalue weighted by molar-refractivity contribution is 7.91. The molecule has 0 N–H and O–H groups in total. The lowest BCUT2D eigenvalue weighted by atomic mass is 9.58. The van der Waals surface area contributed by atoms with Crippen LogP contribution in [0.15, 0.2) is 33.3 Å². The molecule has 1 aromatic carbocycles. The van der Waals surface area contributed by atoms with Crippen LogP contribution in [0.5, 0.6) is 0 Å². The van der Waals surface area contributed by atoms with Crippen LogP contribution in [0.4, 0.5) is 5.69 Å². The molecule has 3 aromatic rings. The summed E-state index contributed by atoms with van der Waals surface area (Å²) in [6.07, 6.45) is 11.6.